The van der Waals surface area contributed by atoms with Crippen LogP contribution in [0.1, 0.15) is 11.5 Å². The van der Waals surface area contributed by atoms with Gasteiger partial charge in [0.25, 0.3) is 0 Å². The van der Waals surface area contributed by atoms with Crippen molar-refractivity contribution >= 4 is 51.6 Å². The molecule has 3 rings (SSSR count). The summed E-state index contributed by atoms with van der Waals surface area (Å²) in [5.41, 5.74) is 0.721. The number of thiazole rings is 1. The average Bonchev–Trinajstić information content (AvgIpc) is 3.19. The number of hydrogen-bond acceptors (Lipinski definition) is 7. The van der Waals surface area contributed by atoms with Crippen molar-refractivity contribution in [1.82, 2.24) is 10.3 Å². The maximum atomic E-state index is 12.5. The predicted octanol–water partition coefficient (Wildman–Crippen LogP) is 3.26. The second-order valence-electron chi connectivity index (χ2n) is 5.62. The van der Waals surface area contributed by atoms with Crippen molar-refractivity contribution in [2.75, 3.05) is 11.1 Å². The molecule has 140 valence electrons. The number of nitrogens with one attached hydrogen (secondary N) is 2. The Kier molecular flexibility index (Phi) is 6.32. The molecule has 1 aromatic carbocycles. The van der Waals surface area contributed by atoms with Gasteiger partial charge in [-0.3, -0.25) is 9.59 Å². The van der Waals surface area contributed by atoms with Crippen LogP contribution in [0.2, 0.25) is 5.02 Å². The van der Waals surface area contributed by atoms with Gasteiger partial charge in [-0.2, -0.15) is 10.5 Å². The summed E-state index contributed by atoms with van der Waals surface area (Å²) in [5.74, 6) is -2.79. The van der Waals surface area contributed by atoms with Crippen molar-refractivity contribution in [3.05, 3.63) is 57.0 Å². The second-order valence-corrected chi connectivity index (χ2v) is 7.91. The highest BCUT2D eigenvalue weighted by Gasteiger charge is 2.40. The van der Waals surface area contributed by atoms with Gasteiger partial charge in [-0.25, -0.2) is 4.98 Å². The van der Waals surface area contributed by atoms with Crippen molar-refractivity contribution in [3.63, 3.8) is 0 Å². The van der Waals surface area contributed by atoms with Crippen LogP contribution < -0.4 is 10.6 Å². The highest BCUT2D eigenvalue weighted by Crippen LogP contribution is 2.41. The average molecular weight is 430 g/mol. The normalized spacial score (nSPS) is 18.8. The van der Waals surface area contributed by atoms with Gasteiger partial charge in [0, 0.05) is 22.5 Å². The quantitative estimate of drug-likeness (QED) is 0.752. The zero-order valence-electron chi connectivity index (χ0n) is 14.2. The molecule has 2 heterocycles. The molecule has 0 spiro atoms. The standard InChI is InChI=1S/C18H12ClN5O2S2/c19-13-4-2-1-3-10(13)15-11(7-20)16(26)24-17(12(15)8-21)28-9-14(25)23-18-22-5-6-27-18/h1-6,11,15H,9H2,(H,24,26)(H,22,23,25)/t11-,15+/m1/s1. The molecule has 2 atom stereocenters. The van der Waals surface area contributed by atoms with Gasteiger partial charge in [-0.05, 0) is 11.6 Å². The highest BCUT2D eigenvalue weighted by molar-refractivity contribution is 8.03. The van der Waals surface area contributed by atoms with Gasteiger partial charge in [-0.15, -0.1) is 11.3 Å². The second kappa shape index (κ2) is 8.89. The summed E-state index contributed by atoms with van der Waals surface area (Å²) in [6, 6.07) is 10.8. The Morgan fingerprint density at radius 3 is 2.82 bits per heavy atom. The lowest BCUT2D eigenvalue weighted by molar-refractivity contribution is -0.123. The molecule has 0 aliphatic carbocycles. The first-order valence-corrected chi connectivity index (χ1v) is 10.2. The molecule has 1 aliphatic rings. The first-order valence-electron chi connectivity index (χ1n) is 7.96. The molecular formula is C18H12ClN5O2S2. The molecule has 10 heteroatoms. The number of rotatable bonds is 5. The predicted molar refractivity (Wildman–Crippen MR) is 107 cm³/mol. The number of allylic oxidation sites excluding steroid dienone is 1. The molecule has 0 radical (unpaired) electrons. The lowest BCUT2D eigenvalue weighted by Gasteiger charge is -2.29. The topological polar surface area (TPSA) is 119 Å². The van der Waals surface area contributed by atoms with Crippen LogP contribution in [-0.2, 0) is 9.59 Å². The Bertz CT molecular complexity index is 1020. The number of halogens is 1. The number of amides is 2. The van der Waals surface area contributed by atoms with Gasteiger partial charge in [0.05, 0.1) is 28.5 Å². The van der Waals surface area contributed by atoms with E-state index in [1.807, 2.05) is 6.07 Å². The van der Waals surface area contributed by atoms with E-state index in [2.05, 4.69) is 21.7 Å². The maximum absolute atomic E-state index is 12.5. The summed E-state index contributed by atoms with van der Waals surface area (Å²) in [5, 5.41) is 27.2. The number of thioether (sulfide) groups is 1. The Labute approximate surface area is 174 Å². The van der Waals surface area contributed by atoms with Crippen LogP contribution in [0.15, 0.2) is 46.4 Å². The van der Waals surface area contributed by atoms with Gasteiger partial charge in [-0.1, -0.05) is 41.6 Å². The zero-order chi connectivity index (χ0) is 20.1. The van der Waals surface area contributed by atoms with Crippen LogP contribution >= 0.6 is 34.7 Å². The third-order valence-electron chi connectivity index (χ3n) is 3.93. The number of aromatic nitrogens is 1. The number of nitrogens with zero attached hydrogens (tertiary/aromatic N) is 3. The van der Waals surface area contributed by atoms with Gasteiger partial charge in [0.2, 0.25) is 11.8 Å². The van der Waals surface area contributed by atoms with Gasteiger partial charge in [0.15, 0.2) is 5.13 Å². The molecular weight excluding hydrogens is 418 g/mol. The number of anilines is 1. The fourth-order valence-corrected chi connectivity index (χ4v) is 4.37. The molecule has 0 unspecified atom stereocenters. The van der Waals surface area contributed by atoms with E-state index >= 15 is 0 Å². The van der Waals surface area contributed by atoms with E-state index in [0.29, 0.717) is 15.7 Å². The lowest BCUT2D eigenvalue weighted by Crippen LogP contribution is -2.39. The molecule has 2 amide bonds. The Morgan fingerprint density at radius 1 is 1.39 bits per heavy atom. The first kappa shape index (κ1) is 19.9. The minimum absolute atomic E-state index is 0.0349. The molecule has 2 aromatic rings. The summed E-state index contributed by atoms with van der Waals surface area (Å²) in [6.07, 6.45) is 1.57. The third-order valence-corrected chi connectivity index (χ3v) is 5.98. The molecule has 1 aliphatic heterocycles. The number of carbonyl (C=O) groups is 2. The Hall–Kier alpha value is -2.85. The van der Waals surface area contributed by atoms with Crippen molar-refractivity contribution in [1.29, 1.82) is 10.5 Å². The van der Waals surface area contributed by atoms with E-state index in [1.54, 1.807) is 35.8 Å². The van der Waals surface area contributed by atoms with Crippen molar-refractivity contribution in [2.45, 2.75) is 5.92 Å². The van der Waals surface area contributed by atoms with Gasteiger partial charge < -0.3 is 10.6 Å². The smallest absolute Gasteiger partial charge is 0.243 e. The van der Waals surface area contributed by atoms with Crippen LogP contribution in [0.5, 0.6) is 0 Å². The van der Waals surface area contributed by atoms with E-state index < -0.39 is 17.7 Å². The lowest BCUT2D eigenvalue weighted by atomic mass is 9.79. The van der Waals surface area contributed by atoms with Crippen LogP contribution in [0.3, 0.4) is 0 Å². The number of nitriles is 2. The van der Waals surface area contributed by atoms with Crippen molar-refractivity contribution < 1.29 is 9.59 Å². The van der Waals surface area contributed by atoms with Crippen molar-refractivity contribution in [2.24, 2.45) is 5.92 Å². The summed E-state index contributed by atoms with van der Waals surface area (Å²) in [7, 11) is 0. The summed E-state index contributed by atoms with van der Waals surface area (Å²) >= 11 is 8.56. The molecule has 2 N–H and O–H groups in total. The molecule has 0 saturated carbocycles. The van der Waals surface area contributed by atoms with Gasteiger partial charge >= 0.3 is 0 Å². The summed E-state index contributed by atoms with van der Waals surface area (Å²) in [4.78, 5) is 28.5. The molecule has 28 heavy (non-hydrogen) atoms. The van der Waals surface area contributed by atoms with E-state index in [9.17, 15) is 20.1 Å². The van der Waals surface area contributed by atoms with E-state index in [4.69, 9.17) is 11.6 Å². The first-order chi connectivity index (χ1) is 13.5. The molecule has 0 fully saturated rings. The van der Waals surface area contributed by atoms with Gasteiger partial charge in [0.1, 0.15) is 5.92 Å². The number of benzene rings is 1. The highest BCUT2D eigenvalue weighted by atomic mass is 35.5. The van der Waals surface area contributed by atoms with Crippen LogP contribution in [0.4, 0.5) is 5.13 Å². The summed E-state index contributed by atoms with van der Waals surface area (Å²) in [6.45, 7) is 0. The van der Waals surface area contributed by atoms with Crippen LogP contribution in [0.25, 0.3) is 0 Å². The molecule has 0 bridgehead atoms. The minimum Gasteiger partial charge on any atom is -0.319 e. The van der Waals surface area contributed by atoms with Crippen LogP contribution in [-0.4, -0.2) is 22.6 Å². The fraction of sp³-hybridized carbons (Fsp3) is 0.167. The monoisotopic (exact) mass is 429 g/mol. The fourth-order valence-electron chi connectivity index (χ4n) is 2.72. The van der Waals surface area contributed by atoms with E-state index in [-0.39, 0.29) is 22.3 Å². The molecule has 7 nitrogen and oxygen atoms in total. The van der Waals surface area contributed by atoms with E-state index in [0.717, 1.165) is 11.8 Å². The minimum atomic E-state index is -1.09. The largest absolute Gasteiger partial charge is 0.319 e. The van der Waals surface area contributed by atoms with Crippen LogP contribution in [0, 0.1) is 28.6 Å². The number of hydrogen-bond donors (Lipinski definition) is 2. The number of carbonyl (C=O) groups excluding carboxylic acids is 2. The third kappa shape index (κ3) is 4.18. The van der Waals surface area contributed by atoms with Crippen molar-refractivity contribution in [3.8, 4) is 12.1 Å². The maximum Gasteiger partial charge on any atom is 0.243 e. The summed E-state index contributed by atoms with van der Waals surface area (Å²) < 4.78 is 0. The molecule has 1 aromatic heterocycles. The Morgan fingerprint density at radius 2 is 2.18 bits per heavy atom. The SMILES string of the molecule is N#CC1=C(SCC(=O)Nc2nccs2)NC(=O)[C@H](C#N)[C@@H]1c1ccccc1Cl. The van der Waals surface area contributed by atoms with E-state index in [1.165, 1.54) is 11.3 Å². The Balaban J connectivity index is 1.89. The zero-order valence-corrected chi connectivity index (χ0v) is 16.6. The molecule has 0 saturated heterocycles.